The molecule has 3 aromatic rings. The Labute approximate surface area is 122 Å². The standard InChI is InChI=1S/C16H15N3O2/c1-20-11-7-8-14(15(9-11)21-2)19-16-10-17-12-5-3-4-6-13(12)18-16/h3-10H,1-2H3,(H,18,19). The fourth-order valence-corrected chi connectivity index (χ4v) is 2.06. The van der Waals surface area contributed by atoms with Crippen LogP contribution in [0, 0.1) is 0 Å². The molecule has 3 rings (SSSR count). The van der Waals surface area contributed by atoms with Crippen molar-refractivity contribution in [2.24, 2.45) is 0 Å². The minimum Gasteiger partial charge on any atom is -0.497 e. The zero-order chi connectivity index (χ0) is 14.7. The topological polar surface area (TPSA) is 56.3 Å². The molecule has 1 heterocycles. The average molecular weight is 281 g/mol. The molecule has 0 aliphatic carbocycles. The molecule has 0 atom stereocenters. The molecule has 21 heavy (non-hydrogen) atoms. The number of ether oxygens (including phenoxy) is 2. The minimum atomic E-state index is 0.664. The predicted molar refractivity (Wildman–Crippen MR) is 82.4 cm³/mol. The number of anilines is 2. The summed E-state index contributed by atoms with van der Waals surface area (Å²) < 4.78 is 10.5. The van der Waals surface area contributed by atoms with E-state index in [4.69, 9.17) is 9.47 Å². The van der Waals surface area contributed by atoms with E-state index in [1.807, 2.05) is 42.5 Å². The van der Waals surface area contributed by atoms with E-state index < -0.39 is 0 Å². The van der Waals surface area contributed by atoms with Gasteiger partial charge in [-0.25, -0.2) is 4.98 Å². The summed E-state index contributed by atoms with van der Waals surface area (Å²) in [6.07, 6.45) is 1.70. The molecule has 106 valence electrons. The highest BCUT2D eigenvalue weighted by molar-refractivity contribution is 5.76. The largest absolute Gasteiger partial charge is 0.497 e. The Morgan fingerprint density at radius 3 is 2.52 bits per heavy atom. The van der Waals surface area contributed by atoms with Gasteiger partial charge in [0.1, 0.15) is 17.3 Å². The molecule has 0 amide bonds. The second kappa shape index (κ2) is 5.66. The fourth-order valence-electron chi connectivity index (χ4n) is 2.06. The van der Waals surface area contributed by atoms with Crippen molar-refractivity contribution in [3.8, 4) is 11.5 Å². The van der Waals surface area contributed by atoms with Crippen LogP contribution in [0.5, 0.6) is 11.5 Å². The van der Waals surface area contributed by atoms with Crippen molar-refractivity contribution in [1.29, 1.82) is 0 Å². The van der Waals surface area contributed by atoms with Crippen molar-refractivity contribution in [1.82, 2.24) is 9.97 Å². The maximum atomic E-state index is 5.36. The Balaban J connectivity index is 1.94. The Morgan fingerprint density at radius 1 is 0.952 bits per heavy atom. The number of hydrogen-bond donors (Lipinski definition) is 1. The van der Waals surface area contributed by atoms with Crippen LogP contribution in [-0.2, 0) is 0 Å². The third-order valence-corrected chi connectivity index (χ3v) is 3.12. The van der Waals surface area contributed by atoms with Gasteiger partial charge in [0.2, 0.25) is 0 Å². The first-order valence-corrected chi connectivity index (χ1v) is 6.51. The van der Waals surface area contributed by atoms with Crippen molar-refractivity contribution in [3.05, 3.63) is 48.7 Å². The van der Waals surface area contributed by atoms with Gasteiger partial charge in [-0.3, -0.25) is 4.98 Å². The molecule has 1 N–H and O–H groups in total. The average Bonchev–Trinajstić information content (AvgIpc) is 2.55. The number of aromatic nitrogens is 2. The van der Waals surface area contributed by atoms with Gasteiger partial charge in [-0.05, 0) is 24.3 Å². The first-order valence-electron chi connectivity index (χ1n) is 6.51. The molecule has 0 aliphatic rings. The zero-order valence-corrected chi connectivity index (χ0v) is 11.8. The summed E-state index contributed by atoms with van der Waals surface area (Å²) in [4.78, 5) is 8.90. The Kier molecular flexibility index (Phi) is 3.55. The maximum absolute atomic E-state index is 5.36. The molecule has 5 heteroatoms. The summed E-state index contributed by atoms with van der Waals surface area (Å²) in [5.74, 6) is 2.09. The molecule has 0 aliphatic heterocycles. The molecular formula is C16H15N3O2. The SMILES string of the molecule is COc1ccc(Nc2cnc3ccccc3n2)c(OC)c1. The van der Waals surface area contributed by atoms with Crippen LogP contribution in [0.3, 0.4) is 0 Å². The molecule has 0 unspecified atom stereocenters. The highest BCUT2D eigenvalue weighted by Gasteiger charge is 2.07. The first kappa shape index (κ1) is 13.2. The van der Waals surface area contributed by atoms with E-state index in [0.29, 0.717) is 11.6 Å². The van der Waals surface area contributed by atoms with E-state index >= 15 is 0 Å². The second-order valence-electron chi connectivity index (χ2n) is 4.44. The summed E-state index contributed by atoms with van der Waals surface area (Å²) in [5, 5.41) is 3.21. The monoisotopic (exact) mass is 281 g/mol. The lowest BCUT2D eigenvalue weighted by atomic mass is 10.2. The highest BCUT2D eigenvalue weighted by atomic mass is 16.5. The molecule has 5 nitrogen and oxygen atoms in total. The van der Waals surface area contributed by atoms with Crippen LogP contribution in [0.25, 0.3) is 11.0 Å². The molecule has 0 spiro atoms. The van der Waals surface area contributed by atoms with Gasteiger partial charge >= 0.3 is 0 Å². The van der Waals surface area contributed by atoms with Crippen molar-refractivity contribution >= 4 is 22.5 Å². The summed E-state index contributed by atoms with van der Waals surface area (Å²) in [6, 6.07) is 13.3. The summed E-state index contributed by atoms with van der Waals surface area (Å²) >= 11 is 0. The molecule has 2 aromatic carbocycles. The lowest BCUT2D eigenvalue weighted by molar-refractivity contribution is 0.395. The highest BCUT2D eigenvalue weighted by Crippen LogP contribution is 2.31. The number of nitrogens with one attached hydrogen (secondary N) is 1. The number of methoxy groups -OCH3 is 2. The number of para-hydroxylation sites is 2. The smallest absolute Gasteiger partial charge is 0.149 e. The molecule has 1 aromatic heterocycles. The van der Waals surface area contributed by atoms with Crippen molar-refractivity contribution in [3.63, 3.8) is 0 Å². The van der Waals surface area contributed by atoms with E-state index in [1.165, 1.54) is 0 Å². The van der Waals surface area contributed by atoms with Gasteiger partial charge in [-0.2, -0.15) is 0 Å². The number of rotatable bonds is 4. The lowest BCUT2D eigenvalue weighted by Crippen LogP contribution is -1.98. The number of hydrogen-bond acceptors (Lipinski definition) is 5. The van der Waals surface area contributed by atoms with Gasteiger partial charge in [0.25, 0.3) is 0 Å². The third kappa shape index (κ3) is 2.72. The first-order chi connectivity index (χ1) is 10.3. The maximum Gasteiger partial charge on any atom is 0.149 e. The van der Waals surface area contributed by atoms with Gasteiger partial charge in [0.05, 0.1) is 37.1 Å². The van der Waals surface area contributed by atoms with Crippen LogP contribution < -0.4 is 14.8 Å². The fraction of sp³-hybridized carbons (Fsp3) is 0.125. The zero-order valence-electron chi connectivity index (χ0n) is 11.8. The van der Waals surface area contributed by atoms with Crippen LogP contribution in [0.15, 0.2) is 48.7 Å². The van der Waals surface area contributed by atoms with Gasteiger partial charge in [0.15, 0.2) is 0 Å². The Morgan fingerprint density at radius 2 is 1.76 bits per heavy atom. The van der Waals surface area contributed by atoms with Crippen LogP contribution in [0.2, 0.25) is 0 Å². The van der Waals surface area contributed by atoms with Crippen LogP contribution in [0.1, 0.15) is 0 Å². The van der Waals surface area contributed by atoms with E-state index in [2.05, 4.69) is 15.3 Å². The van der Waals surface area contributed by atoms with E-state index in [1.54, 1.807) is 20.4 Å². The number of fused-ring (bicyclic) bond motifs is 1. The summed E-state index contributed by atoms with van der Waals surface area (Å²) in [7, 11) is 3.24. The van der Waals surface area contributed by atoms with Gasteiger partial charge in [0, 0.05) is 6.07 Å². The third-order valence-electron chi connectivity index (χ3n) is 3.12. The van der Waals surface area contributed by atoms with E-state index in [-0.39, 0.29) is 0 Å². The summed E-state index contributed by atoms with van der Waals surface area (Å²) in [5.41, 5.74) is 2.52. The molecule has 0 saturated heterocycles. The Hall–Kier alpha value is -2.82. The van der Waals surface area contributed by atoms with Crippen LogP contribution >= 0.6 is 0 Å². The van der Waals surface area contributed by atoms with Gasteiger partial charge in [-0.1, -0.05) is 12.1 Å². The minimum absolute atomic E-state index is 0.664. The molecule has 0 saturated carbocycles. The molecule has 0 fully saturated rings. The van der Waals surface area contributed by atoms with Gasteiger partial charge < -0.3 is 14.8 Å². The van der Waals surface area contributed by atoms with E-state index in [0.717, 1.165) is 22.5 Å². The molecular weight excluding hydrogens is 266 g/mol. The lowest BCUT2D eigenvalue weighted by Gasteiger charge is -2.12. The normalized spacial score (nSPS) is 10.4. The quantitative estimate of drug-likeness (QED) is 0.794. The Bertz CT molecular complexity index is 774. The molecule has 0 radical (unpaired) electrons. The van der Waals surface area contributed by atoms with Crippen molar-refractivity contribution < 1.29 is 9.47 Å². The van der Waals surface area contributed by atoms with Crippen LogP contribution in [0.4, 0.5) is 11.5 Å². The second-order valence-corrected chi connectivity index (χ2v) is 4.44. The number of nitrogens with zero attached hydrogens (tertiary/aromatic N) is 2. The van der Waals surface area contributed by atoms with E-state index in [9.17, 15) is 0 Å². The summed E-state index contributed by atoms with van der Waals surface area (Å²) in [6.45, 7) is 0. The van der Waals surface area contributed by atoms with Gasteiger partial charge in [-0.15, -0.1) is 0 Å². The van der Waals surface area contributed by atoms with Crippen molar-refractivity contribution in [2.45, 2.75) is 0 Å². The molecule has 0 bridgehead atoms. The van der Waals surface area contributed by atoms with Crippen molar-refractivity contribution in [2.75, 3.05) is 19.5 Å². The van der Waals surface area contributed by atoms with Crippen LogP contribution in [-0.4, -0.2) is 24.2 Å². The predicted octanol–water partition coefficient (Wildman–Crippen LogP) is 3.39. The number of benzene rings is 2.